The third kappa shape index (κ3) is 4.10. The average molecular weight is 185 g/mol. The van der Waals surface area contributed by atoms with Gasteiger partial charge in [-0.1, -0.05) is 5.11 Å². The predicted octanol–water partition coefficient (Wildman–Crippen LogP) is -0.437. The van der Waals surface area contributed by atoms with Gasteiger partial charge < -0.3 is 10.4 Å². The van der Waals surface area contributed by atoms with Crippen molar-refractivity contribution in [2.75, 3.05) is 39.3 Å². The summed E-state index contributed by atoms with van der Waals surface area (Å²) < 4.78 is 0. The van der Waals surface area contributed by atoms with Gasteiger partial charge in [0.2, 0.25) is 0 Å². The highest BCUT2D eigenvalue weighted by Crippen LogP contribution is 1.95. The second kappa shape index (κ2) is 5.77. The zero-order valence-corrected chi connectivity index (χ0v) is 7.56. The molecule has 74 valence electrons. The van der Waals surface area contributed by atoms with E-state index >= 15 is 0 Å². The molecule has 0 radical (unpaired) electrons. The molecule has 1 aliphatic rings. The number of hydrogen-bond donors (Lipinski definition) is 2. The van der Waals surface area contributed by atoms with E-state index in [1.165, 1.54) is 0 Å². The van der Waals surface area contributed by atoms with Crippen LogP contribution >= 0.6 is 0 Å². The van der Waals surface area contributed by atoms with E-state index in [2.05, 4.69) is 20.2 Å². The van der Waals surface area contributed by atoms with Gasteiger partial charge in [0, 0.05) is 37.6 Å². The molecule has 0 aromatic rings. The summed E-state index contributed by atoms with van der Waals surface area (Å²) in [6.07, 6.45) is -0.533. The van der Waals surface area contributed by atoms with Crippen LogP contribution in [0.2, 0.25) is 0 Å². The fourth-order valence-electron chi connectivity index (χ4n) is 1.38. The molecule has 2 N–H and O–H groups in total. The molecule has 1 heterocycles. The first-order chi connectivity index (χ1) is 6.33. The van der Waals surface area contributed by atoms with E-state index in [0.29, 0.717) is 6.54 Å². The van der Waals surface area contributed by atoms with E-state index in [0.717, 1.165) is 26.2 Å². The highest BCUT2D eigenvalue weighted by atomic mass is 16.3. The summed E-state index contributed by atoms with van der Waals surface area (Å²) in [5.41, 5.74) is 8.04. The topological polar surface area (TPSA) is 84.3 Å². The van der Waals surface area contributed by atoms with Gasteiger partial charge in [-0.3, -0.25) is 4.90 Å². The first-order valence-electron chi connectivity index (χ1n) is 4.45. The fraction of sp³-hybridized carbons (Fsp3) is 1.00. The normalized spacial score (nSPS) is 20.7. The molecule has 6 heteroatoms. The Morgan fingerprint density at radius 1 is 1.54 bits per heavy atom. The smallest absolute Gasteiger partial charge is 0.0723 e. The van der Waals surface area contributed by atoms with Crippen molar-refractivity contribution >= 4 is 0 Å². The molecule has 0 spiro atoms. The van der Waals surface area contributed by atoms with Gasteiger partial charge >= 0.3 is 0 Å². The van der Waals surface area contributed by atoms with Gasteiger partial charge in [-0.2, -0.15) is 0 Å². The summed E-state index contributed by atoms with van der Waals surface area (Å²) in [4.78, 5) is 4.76. The van der Waals surface area contributed by atoms with Crippen LogP contribution in [-0.4, -0.2) is 55.4 Å². The number of piperazine rings is 1. The van der Waals surface area contributed by atoms with Crippen LogP contribution in [0.4, 0.5) is 0 Å². The minimum absolute atomic E-state index is 0.167. The van der Waals surface area contributed by atoms with Crippen molar-refractivity contribution in [1.82, 2.24) is 10.2 Å². The van der Waals surface area contributed by atoms with Crippen LogP contribution in [0, 0.1) is 0 Å². The molecule has 6 nitrogen and oxygen atoms in total. The maximum absolute atomic E-state index is 9.41. The minimum atomic E-state index is -0.533. The number of β-amino-alcohol motifs (C(OH)–C–C–N with tert-alkyl or cyclic N) is 1. The SMILES string of the molecule is [N-]=[N+]=NCC(O)CN1CCNCC1. The Morgan fingerprint density at radius 3 is 2.85 bits per heavy atom. The lowest BCUT2D eigenvalue weighted by Crippen LogP contribution is -2.46. The molecule has 1 unspecified atom stereocenters. The van der Waals surface area contributed by atoms with E-state index in [1.54, 1.807) is 0 Å². The number of nitrogens with zero attached hydrogens (tertiary/aromatic N) is 4. The van der Waals surface area contributed by atoms with Gasteiger partial charge in [0.1, 0.15) is 0 Å². The third-order valence-corrected chi connectivity index (χ3v) is 2.03. The Kier molecular flexibility index (Phi) is 4.56. The molecule has 1 atom stereocenters. The number of hydrogen-bond acceptors (Lipinski definition) is 4. The van der Waals surface area contributed by atoms with Crippen LogP contribution in [0.25, 0.3) is 10.4 Å². The van der Waals surface area contributed by atoms with Crippen LogP contribution < -0.4 is 5.32 Å². The highest BCUT2D eigenvalue weighted by Gasteiger charge is 2.13. The van der Waals surface area contributed by atoms with E-state index < -0.39 is 6.10 Å². The van der Waals surface area contributed by atoms with Gasteiger partial charge in [0.25, 0.3) is 0 Å². The zero-order valence-electron chi connectivity index (χ0n) is 7.56. The molecule has 0 amide bonds. The summed E-state index contributed by atoms with van der Waals surface area (Å²) in [5, 5.41) is 16.0. The monoisotopic (exact) mass is 185 g/mol. The molecule has 1 rings (SSSR count). The van der Waals surface area contributed by atoms with Crippen LogP contribution in [0.3, 0.4) is 0 Å². The van der Waals surface area contributed by atoms with Crippen molar-refractivity contribution in [2.45, 2.75) is 6.10 Å². The summed E-state index contributed by atoms with van der Waals surface area (Å²) in [6.45, 7) is 4.60. The number of rotatable bonds is 4. The molecule has 0 aromatic heterocycles. The summed E-state index contributed by atoms with van der Waals surface area (Å²) >= 11 is 0. The Balaban J connectivity index is 2.17. The molecule has 0 aromatic carbocycles. The lowest BCUT2D eigenvalue weighted by atomic mass is 10.3. The van der Waals surface area contributed by atoms with Crippen LogP contribution in [0.1, 0.15) is 0 Å². The molecular weight excluding hydrogens is 170 g/mol. The maximum Gasteiger partial charge on any atom is 0.0723 e. The zero-order chi connectivity index (χ0) is 9.52. The molecule has 1 fully saturated rings. The second-order valence-corrected chi connectivity index (χ2v) is 3.12. The quantitative estimate of drug-likeness (QED) is 0.354. The van der Waals surface area contributed by atoms with Crippen LogP contribution in [0.5, 0.6) is 0 Å². The molecule has 0 bridgehead atoms. The number of aliphatic hydroxyl groups is 1. The van der Waals surface area contributed by atoms with Crippen molar-refractivity contribution < 1.29 is 5.11 Å². The molecule has 1 saturated heterocycles. The number of azide groups is 1. The second-order valence-electron chi connectivity index (χ2n) is 3.12. The number of nitrogens with one attached hydrogen (secondary N) is 1. The van der Waals surface area contributed by atoms with E-state index in [1.807, 2.05) is 0 Å². The van der Waals surface area contributed by atoms with Crippen molar-refractivity contribution in [3.05, 3.63) is 10.4 Å². The third-order valence-electron chi connectivity index (χ3n) is 2.03. The first-order valence-corrected chi connectivity index (χ1v) is 4.45. The lowest BCUT2D eigenvalue weighted by Gasteiger charge is -2.28. The summed E-state index contributed by atoms with van der Waals surface area (Å²) in [7, 11) is 0. The fourth-order valence-corrected chi connectivity index (χ4v) is 1.38. The van der Waals surface area contributed by atoms with Crippen molar-refractivity contribution in [3.8, 4) is 0 Å². The Labute approximate surface area is 77.2 Å². The van der Waals surface area contributed by atoms with Gasteiger partial charge in [-0.15, -0.1) is 0 Å². The Bertz CT molecular complexity index is 185. The minimum Gasteiger partial charge on any atom is -0.392 e. The standard InChI is InChI=1S/C7H15N5O/c8-11-10-5-7(13)6-12-3-1-9-2-4-12/h7,9,13H,1-6H2. The van der Waals surface area contributed by atoms with Gasteiger partial charge in [0.05, 0.1) is 12.6 Å². The van der Waals surface area contributed by atoms with Gasteiger partial charge in [0.15, 0.2) is 0 Å². The molecule has 0 aliphatic carbocycles. The average Bonchev–Trinajstić information content (AvgIpc) is 2.16. The summed E-state index contributed by atoms with van der Waals surface area (Å²) in [5.74, 6) is 0. The molecule has 0 saturated carbocycles. The van der Waals surface area contributed by atoms with E-state index in [9.17, 15) is 5.11 Å². The molecule has 1 aliphatic heterocycles. The van der Waals surface area contributed by atoms with Gasteiger partial charge in [-0.25, -0.2) is 0 Å². The highest BCUT2D eigenvalue weighted by molar-refractivity contribution is 4.72. The predicted molar refractivity (Wildman–Crippen MR) is 49.3 cm³/mol. The van der Waals surface area contributed by atoms with Crippen LogP contribution in [0.15, 0.2) is 5.11 Å². The van der Waals surface area contributed by atoms with E-state index in [4.69, 9.17) is 5.53 Å². The van der Waals surface area contributed by atoms with Crippen molar-refractivity contribution in [1.29, 1.82) is 0 Å². The Hall–Kier alpha value is -0.810. The molecule has 13 heavy (non-hydrogen) atoms. The number of aliphatic hydroxyl groups excluding tert-OH is 1. The lowest BCUT2D eigenvalue weighted by molar-refractivity contribution is 0.111. The van der Waals surface area contributed by atoms with Crippen LogP contribution in [-0.2, 0) is 0 Å². The first kappa shape index (κ1) is 10.3. The maximum atomic E-state index is 9.41. The van der Waals surface area contributed by atoms with E-state index in [-0.39, 0.29) is 6.54 Å². The Morgan fingerprint density at radius 2 is 2.23 bits per heavy atom. The largest absolute Gasteiger partial charge is 0.392 e. The molecular formula is C7H15N5O. The van der Waals surface area contributed by atoms with Gasteiger partial charge in [-0.05, 0) is 5.53 Å². The van der Waals surface area contributed by atoms with Crippen molar-refractivity contribution in [3.63, 3.8) is 0 Å². The summed E-state index contributed by atoms with van der Waals surface area (Å²) in [6, 6.07) is 0. The van der Waals surface area contributed by atoms with Crippen molar-refractivity contribution in [2.24, 2.45) is 5.11 Å².